The lowest BCUT2D eigenvalue weighted by Crippen LogP contribution is -2.45. The summed E-state index contributed by atoms with van der Waals surface area (Å²) >= 11 is 0. The van der Waals surface area contributed by atoms with Gasteiger partial charge >= 0.3 is 0 Å². The fourth-order valence-electron chi connectivity index (χ4n) is 2.75. The molecule has 1 aliphatic rings. The van der Waals surface area contributed by atoms with Crippen LogP contribution in [0, 0.1) is 11.7 Å². The number of hydrogen-bond acceptors (Lipinski definition) is 2. The van der Waals surface area contributed by atoms with Gasteiger partial charge in [0.25, 0.3) is 0 Å². The summed E-state index contributed by atoms with van der Waals surface area (Å²) in [6.07, 6.45) is 2.53. The molecule has 1 aromatic carbocycles. The fraction of sp³-hybridized carbons (Fsp3) is 0.588. The highest BCUT2D eigenvalue weighted by molar-refractivity contribution is 5.78. The first-order chi connectivity index (χ1) is 10.1. The van der Waals surface area contributed by atoms with Crippen LogP contribution < -0.4 is 5.32 Å². The number of ether oxygens (including phenoxy) is 1. The Labute approximate surface area is 125 Å². The maximum atomic E-state index is 13.1. The summed E-state index contributed by atoms with van der Waals surface area (Å²) in [6.45, 7) is 5.89. The fourth-order valence-corrected chi connectivity index (χ4v) is 2.75. The van der Waals surface area contributed by atoms with E-state index < -0.39 is 0 Å². The van der Waals surface area contributed by atoms with Crippen molar-refractivity contribution in [3.05, 3.63) is 35.6 Å². The number of carbonyl (C=O) groups is 1. The highest BCUT2D eigenvalue weighted by Gasteiger charge is 2.35. The minimum atomic E-state index is -0.232. The molecule has 1 heterocycles. The van der Waals surface area contributed by atoms with Crippen LogP contribution in [0.2, 0.25) is 0 Å². The molecule has 1 amide bonds. The van der Waals surface area contributed by atoms with Crippen LogP contribution in [0.1, 0.15) is 38.7 Å². The molecule has 1 N–H and O–H groups in total. The van der Waals surface area contributed by atoms with Crippen molar-refractivity contribution in [1.29, 1.82) is 0 Å². The van der Waals surface area contributed by atoms with Gasteiger partial charge in [-0.15, -0.1) is 0 Å². The summed E-state index contributed by atoms with van der Waals surface area (Å²) in [6, 6.07) is 6.64. The van der Waals surface area contributed by atoms with E-state index in [9.17, 15) is 9.18 Å². The quantitative estimate of drug-likeness (QED) is 0.906. The van der Waals surface area contributed by atoms with Crippen molar-refractivity contribution in [3.8, 4) is 0 Å². The zero-order chi connectivity index (χ0) is 15.3. The molecule has 0 saturated carbocycles. The summed E-state index contributed by atoms with van der Waals surface area (Å²) in [5.74, 6) is -0.120. The van der Waals surface area contributed by atoms with E-state index in [0.29, 0.717) is 19.8 Å². The molecule has 0 bridgehead atoms. The average Bonchev–Trinajstić information content (AvgIpc) is 2.53. The van der Waals surface area contributed by atoms with Gasteiger partial charge in [-0.1, -0.05) is 26.0 Å². The molecule has 0 aliphatic carbocycles. The molecule has 1 saturated heterocycles. The SMILES string of the molecule is CCC(C)C(=O)NCC1(c2ccc(F)cc2)CCOCC1. The largest absolute Gasteiger partial charge is 0.381 e. The van der Waals surface area contributed by atoms with Crippen LogP contribution >= 0.6 is 0 Å². The summed E-state index contributed by atoms with van der Waals surface area (Å²) < 4.78 is 18.6. The summed E-state index contributed by atoms with van der Waals surface area (Å²) in [5.41, 5.74) is 0.936. The van der Waals surface area contributed by atoms with Crippen LogP contribution in [0.3, 0.4) is 0 Å². The molecule has 0 radical (unpaired) electrons. The van der Waals surface area contributed by atoms with Gasteiger partial charge in [0.2, 0.25) is 5.91 Å². The van der Waals surface area contributed by atoms with E-state index in [4.69, 9.17) is 4.74 Å². The highest BCUT2D eigenvalue weighted by Crippen LogP contribution is 2.34. The summed E-state index contributed by atoms with van der Waals surface area (Å²) in [7, 11) is 0. The Kier molecular flexibility index (Phi) is 5.34. The second kappa shape index (κ2) is 7.03. The van der Waals surface area contributed by atoms with Crippen molar-refractivity contribution in [2.75, 3.05) is 19.8 Å². The van der Waals surface area contributed by atoms with E-state index in [1.54, 1.807) is 0 Å². The van der Waals surface area contributed by atoms with E-state index in [2.05, 4.69) is 5.32 Å². The van der Waals surface area contributed by atoms with Gasteiger partial charge in [0.1, 0.15) is 5.82 Å². The lowest BCUT2D eigenvalue weighted by atomic mass is 9.74. The number of halogens is 1. The van der Waals surface area contributed by atoms with Crippen LogP contribution in [0.4, 0.5) is 4.39 Å². The van der Waals surface area contributed by atoms with Gasteiger partial charge in [-0.25, -0.2) is 4.39 Å². The molecule has 4 heteroatoms. The predicted octanol–water partition coefficient (Wildman–Crippen LogP) is 3.04. The zero-order valence-electron chi connectivity index (χ0n) is 12.8. The van der Waals surface area contributed by atoms with E-state index >= 15 is 0 Å². The molecule has 1 unspecified atom stereocenters. The number of benzene rings is 1. The molecule has 1 atom stereocenters. The number of nitrogens with one attached hydrogen (secondary N) is 1. The molecule has 3 nitrogen and oxygen atoms in total. The van der Waals surface area contributed by atoms with Crippen LogP contribution in [0.5, 0.6) is 0 Å². The van der Waals surface area contributed by atoms with Crippen molar-refractivity contribution >= 4 is 5.91 Å². The Morgan fingerprint density at radius 2 is 1.95 bits per heavy atom. The number of amides is 1. The predicted molar refractivity (Wildman–Crippen MR) is 80.6 cm³/mol. The van der Waals surface area contributed by atoms with Crippen LogP contribution in [-0.2, 0) is 14.9 Å². The lowest BCUT2D eigenvalue weighted by molar-refractivity contribution is -0.125. The van der Waals surface area contributed by atoms with Crippen molar-refractivity contribution in [3.63, 3.8) is 0 Å². The maximum Gasteiger partial charge on any atom is 0.222 e. The van der Waals surface area contributed by atoms with Gasteiger partial charge in [-0.05, 0) is 37.0 Å². The Morgan fingerprint density at radius 1 is 1.33 bits per heavy atom. The summed E-state index contributed by atoms with van der Waals surface area (Å²) in [5, 5.41) is 3.07. The van der Waals surface area contributed by atoms with Gasteiger partial charge in [-0.3, -0.25) is 4.79 Å². The molecule has 1 aromatic rings. The molecule has 0 aromatic heterocycles. The molecule has 116 valence electrons. The molecular weight excluding hydrogens is 269 g/mol. The van der Waals surface area contributed by atoms with Crippen LogP contribution in [0.25, 0.3) is 0 Å². The van der Waals surface area contributed by atoms with Crippen molar-refractivity contribution in [2.24, 2.45) is 5.92 Å². The first-order valence-electron chi connectivity index (χ1n) is 7.69. The molecule has 0 spiro atoms. The molecule has 21 heavy (non-hydrogen) atoms. The van der Waals surface area contributed by atoms with Crippen molar-refractivity contribution < 1.29 is 13.9 Å². The van der Waals surface area contributed by atoms with E-state index in [-0.39, 0.29) is 23.1 Å². The molecular formula is C17H24FNO2. The second-order valence-electron chi connectivity index (χ2n) is 5.93. The molecule has 1 aliphatic heterocycles. The number of carbonyl (C=O) groups excluding carboxylic acids is 1. The van der Waals surface area contributed by atoms with Gasteiger partial charge in [-0.2, -0.15) is 0 Å². The Morgan fingerprint density at radius 3 is 2.52 bits per heavy atom. The van der Waals surface area contributed by atoms with Crippen LogP contribution in [-0.4, -0.2) is 25.7 Å². The molecule has 2 rings (SSSR count). The third-order valence-electron chi connectivity index (χ3n) is 4.57. The maximum absolute atomic E-state index is 13.1. The highest BCUT2D eigenvalue weighted by atomic mass is 19.1. The third-order valence-corrected chi connectivity index (χ3v) is 4.57. The normalized spacial score (nSPS) is 19.0. The Hall–Kier alpha value is -1.42. The Balaban J connectivity index is 2.13. The number of rotatable bonds is 5. The summed E-state index contributed by atoms with van der Waals surface area (Å²) in [4.78, 5) is 12.0. The standard InChI is InChI=1S/C17H24FNO2/c1-3-13(2)16(20)19-12-17(8-10-21-11-9-17)14-4-6-15(18)7-5-14/h4-7,13H,3,8-12H2,1-2H3,(H,19,20). The topological polar surface area (TPSA) is 38.3 Å². The number of hydrogen-bond donors (Lipinski definition) is 1. The van der Waals surface area contributed by atoms with Crippen LogP contribution in [0.15, 0.2) is 24.3 Å². The zero-order valence-corrected chi connectivity index (χ0v) is 12.8. The van der Waals surface area contributed by atoms with E-state index in [1.807, 2.05) is 26.0 Å². The minimum Gasteiger partial charge on any atom is -0.381 e. The van der Waals surface area contributed by atoms with E-state index in [0.717, 1.165) is 24.8 Å². The van der Waals surface area contributed by atoms with E-state index in [1.165, 1.54) is 12.1 Å². The minimum absolute atomic E-state index is 0.0232. The first kappa shape index (κ1) is 16.0. The second-order valence-corrected chi connectivity index (χ2v) is 5.93. The van der Waals surface area contributed by atoms with Gasteiger partial charge in [0.15, 0.2) is 0 Å². The lowest BCUT2D eigenvalue weighted by Gasteiger charge is -2.38. The average molecular weight is 293 g/mol. The Bertz CT molecular complexity index is 466. The van der Waals surface area contributed by atoms with Gasteiger partial charge in [0.05, 0.1) is 0 Å². The first-order valence-corrected chi connectivity index (χ1v) is 7.69. The van der Waals surface area contributed by atoms with Gasteiger partial charge in [0, 0.05) is 31.1 Å². The third kappa shape index (κ3) is 3.82. The monoisotopic (exact) mass is 293 g/mol. The smallest absolute Gasteiger partial charge is 0.222 e. The van der Waals surface area contributed by atoms with Gasteiger partial charge < -0.3 is 10.1 Å². The van der Waals surface area contributed by atoms with Crippen molar-refractivity contribution in [1.82, 2.24) is 5.32 Å². The molecule has 1 fully saturated rings. The van der Waals surface area contributed by atoms with Crippen molar-refractivity contribution in [2.45, 2.75) is 38.5 Å².